The van der Waals surface area contributed by atoms with Gasteiger partial charge in [0.15, 0.2) is 0 Å². The maximum atomic E-state index is 2.44. The minimum Gasteiger partial charge on any atom is -0.0629 e. The third-order valence-corrected chi connectivity index (χ3v) is 10.00. The SMILES string of the molecule is CC1=C(C)C(C[Si](c2ccccc2)c2ccccc2)C(c2cccc(C(C)(C)C)c2)=C1C. The Labute approximate surface area is 196 Å². The molecule has 163 valence electrons. The number of allylic oxidation sites excluding steroid dienone is 4. The van der Waals surface area contributed by atoms with Gasteiger partial charge in [0.05, 0.1) is 0 Å². The molecule has 0 fully saturated rings. The molecule has 0 aliphatic heterocycles. The highest BCUT2D eigenvalue weighted by Gasteiger charge is 2.32. The lowest BCUT2D eigenvalue weighted by molar-refractivity contribution is 0.590. The first kappa shape index (κ1) is 22.5. The molecule has 0 saturated heterocycles. The average Bonchev–Trinajstić information content (AvgIpc) is 3.01. The van der Waals surface area contributed by atoms with Gasteiger partial charge in [-0.2, -0.15) is 0 Å². The maximum Gasteiger partial charge on any atom is 0.122 e. The Kier molecular flexibility index (Phi) is 6.39. The van der Waals surface area contributed by atoms with E-state index in [-0.39, 0.29) is 5.41 Å². The van der Waals surface area contributed by atoms with Crippen LogP contribution in [0.15, 0.2) is 102 Å². The molecule has 0 spiro atoms. The van der Waals surface area contributed by atoms with Gasteiger partial charge in [0.1, 0.15) is 8.80 Å². The van der Waals surface area contributed by atoms with E-state index in [4.69, 9.17) is 0 Å². The molecule has 1 aliphatic carbocycles. The second kappa shape index (κ2) is 9.08. The van der Waals surface area contributed by atoms with Gasteiger partial charge in [0.2, 0.25) is 0 Å². The molecule has 3 aromatic carbocycles. The highest BCUT2D eigenvalue weighted by molar-refractivity contribution is 6.85. The Morgan fingerprint density at radius 1 is 0.688 bits per heavy atom. The van der Waals surface area contributed by atoms with Gasteiger partial charge in [-0.25, -0.2) is 0 Å². The van der Waals surface area contributed by atoms with Crippen LogP contribution in [0.25, 0.3) is 5.57 Å². The summed E-state index contributed by atoms with van der Waals surface area (Å²) in [5, 5.41) is 3.00. The predicted octanol–water partition coefficient (Wildman–Crippen LogP) is 7.03. The Hall–Kier alpha value is -2.64. The van der Waals surface area contributed by atoms with Crippen LogP contribution in [0.2, 0.25) is 6.04 Å². The molecule has 4 rings (SSSR count). The van der Waals surface area contributed by atoms with Crippen LogP contribution < -0.4 is 10.4 Å². The van der Waals surface area contributed by atoms with Gasteiger partial charge in [-0.1, -0.05) is 122 Å². The lowest BCUT2D eigenvalue weighted by atomic mass is 9.83. The summed E-state index contributed by atoms with van der Waals surface area (Å²) >= 11 is 0. The molecule has 0 nitrogen and oxygen atoms in total. The molecule has 1 unspecified atom stereocenters. The van der Waals surface area contributed by atoms with Crippen molar-refractivity contribution in [1.29, 1.82) is 0 Å². The van der Waals surface area contributed by atoms with Crippen LogP contribution in [0.4, 0.5) is 0 Å². The highest BCUT2D eigenvalue weighted by atomic mass is 28.3. The van der Waals surface area contributed by atoms with Crippen LogP contribution in [0, 0.1) is 5.92 Å². The first-order valence-electron chi connectivity index (χ1n) is 11.7. The fourth-order valence-electron chi connectivity index (χ4n) is 4.95. The van der Waals surface area contributed by atoms with E-state index in [0.717, 1.165) is 0 Å². The summed E-state index contributed by atoms with van der Waals surface area (Å²) in [5.74, 6) is 0.472. The van der Waals surface area contributed by atoms with Crippen molar-refractivity contribution in [3.05, 3.63) is 113 Å². The molecule has 3 aromatic rings. The van der Waals surface area contributed by atoms with Crippen molar-refractivity contribution in [2.24, 2.45) is 5.92 Å². The topological polar surface area (TPSA) is 0 Å². The van der Waals surface area contributed by atoms with Crippen LogP contribution in [0.1, 0.15) is 52.7 Å². The molecular formula is C31H35Si. The quantitative estimate of drug-likeness (QED) is 0.377. The van der Waals surface area contributed by atoms with Gasteiger partial charge < -0.3 is 0 Å². The second-order valence-electron chi connectivity index (χ2n) is 10.1. The zero-order valence-electron chi connectivity index (χ0n) is 20.4. The van der Waals surface area contributed by atoms with Crippen molar-refractivity contribution >= 4 is 24.7 Å². The molecule has 0 heterocycles. The van der Waals surface area contributed by atoms with Crippen molar-refractivity contribution in [2.45, 2.75) is 53.0 Å². The van der Waals surface area contributed by atoms with E-state index in [1.165, 1.54) is 38.7 Å². The summed E-state index contributed by atoms with van der Waals surface area (Å²) in [5.41, 5.74) is 9.01. The van der Waals surface area contributed by atoms with E-state index in [1.807, 2.05) is 0 Å². The number of benzene rings is 3. The summed E-state index contributed by atoms with van der Waals surface area (Å²) in [6.07, 6.45) is 0. The largest absolute Gasteiger partial charge is 0.122 e. The van der Waals surface area contributed by atoms with Gasteiger partial charge in [0.25, 0.3) is 0 Å². The summed E-state index contributed by atoms with van der Waals surface area (Å²) in [6, 6.07) is 32.8. The first-order valence-corrected chi connectivity index (χ1v) is 13.4. The van der Waals surface area contributed by atoms with Crippen LogP contribution in [-0.4, -0.2) is 8.80 Å². The molecule has 1 aliphatic rings. The van der Waals surface area contributed by atoms with Gasteiger partial charge in [-0.3, -0.25) is 0 Å². The van der Waals surface area contributed by atoms with Crippen molar-refractivity contribution in [3.63, 3.8) is 0 Å². The molecule has 1 heteroatoms. The lowest BCUT2D eigenvalue weighted by Crippen LogP contribution is -2.43. The summed E-state index contributed by atoms with van der Waals surface area (Å²) in [7, 11) is -0.907. The molecular weight excluding hydrogens is 400 g/mol. The van der Waals surface area contributed by atoms with Crippen LogP contribution in [-0.2, 0) is 5.41 Å². The second-order valence-corrected chi connectivity index (χ2v) is 12.7. The predicted molar refractivity (Wildman–Crippen MR) is 142 cm³/mol. The zero-order valence-corrected chi connectivity index (χ0v) is 21.4. The Morgan fingerprint density at radius 2 is 1.25 bits per heavy atom. The summed E-state index contributed by atoms with van der Waals surface area (Å²) < 4.78 is 0. The van der Waals surface area contributed by atoms with E-state index in [1.54, 1.807) is 11.1 Å². The fraction of sp³-hybridized carbons (Fsp3) is 0.290. The highest BCUT2D eigenvalue weighted by Crippen LogP contribution is 2.45. The van der Waals surface area contributed by atoms with Crippen molar-refractivity contribution in [1.82, 2.24) is 0 Å². The van der Waals surface area contributed by atoms with Crippen LogP contribution in [0.5, 0.6) is 0 Å². The molecule has 0 amide bonds. The normalized spacial score (nSPS) is 16.9. The lowest BCUT2D eigenvalue weighted by Gasteiger charge is -2.26. The smallest absolute Gasteiger partial charge is 0.0629 e. The Bertz CT molecular complexity index is 1100. The summed E-state index contributed by atoms with van der Waals surface area (Å²) in [4.78, 5) is 0. The number of hydrogen-bond acceptors (Lipinski definition) is 0. The fourth-order valence-corrected chi connectivity index (χ4v) is 7.86. The molecule has 0 saturated carbocycles. The van der Waals surface area contributed by atoms with E-state index in [2.05, 4.69) is 126 Å². The first-order chi connectivity index (χ1) is 15.3. The molecule has 1 atom stereocenters. The Morgan fingerprint density at radius 3 is 1.78 bits per heavy atom. The monoisotopic (exact) mass is 435 g/mol. The minimum absolute atomic E-state index is 0.152. The van der Waals surface area contributed by atoms with Crippen molar-refractivity contribution in [2.75, 3.05) is 0 Å². The molecule has 0 N–H and O–H groups in total. The number of hydrogen-bond donors (Lipinski definition) is 0. The molecule has 1 radical (unpaired) electrons. The third-order valence-electron chi connectivity index (χ3n) is 7.12. The molecule has 0 bridgehead atoms. The minimum atomic E-state index is -0.907. The van der Waals surface area contributed by atoms with E-state index in [9.17, 15) is 0 Å². The summed E-state index contributed by atoms with van der Waals surface area (Å²) in [6.45, 7) is 13.9. The molecule has 0 aromatic heterocycles. The van der Waals surface area contributed by atoms with Gasteiger partial charge >= 0.3 is 0 Å². The van der Waals surface area contributed by atoms with E-state index >= 15 is 0 Å². The van der Waals surface area contributed by atoms with E-state index < -0.39 is 8.80 Å². The van der Waals surface area contributed by atoms with Crippen LogP contribution >= 0.6 is 0 Å². The average molecular weight is 436 g/mol. The van der Waals surface area contributed by atoms with E-state index in [0.29, 0.717) is 5.92 Å². The Balaban J connectivity index is 1.78. The van der Waals surface area contributed by atoms with Crippen LogP contribution in [0.3, 0.4) is 0 Å². The van der Waals surface area contributed by atoms with Gasteiger partial charge in [-0.05, 0) is 60.1 Å². The third kappa shape index (κ3) is 4.45. The number of rotatable bonds is 5. The van der Waals surface area contributed by atoms with Gasteiger partial charge in [0, 0.05) is 5.92 Å². The van der Waals surface area contributed by atoms with Gasteiger partial charge in [-0.15, -0.1) is 0 Å². The molecule has 32 heavy (non-hydrogen) atoms. The zero-order chi connectivity index (χ0) is 22.9. The van der Waals surface area contributed by atoms with Crippen molar-refractivity contribution < 1.29 is 0 Å². The standard InChI is InChI=1S/C31H35Si/c1-22-23(2)29(30(24(22)3)25-14-13-15-26(20-25)31(4,5)6)21-32(27-16-9-7-10-17-27)28-18-11-8-12-19-28/h7-20,29H,21H2,1-6H3. The van der Waals surface area contributed by atoms with Crippen molar-refractivity contribution in [3.8, 4) is 0 Å². The maximum absolute atomic E-state index is 2.44.